The predicted octanol–water partition coefficient (Wildman–Crippen LogP) is 3.06. The van der Waals surface area contributed by atoms with E-state index in [0.29, 0.717) is 0 Å². The maximum Gasteiger partial charge on any atom is 0.0840 e. The Hall–Kier alpha value is -0.560. The van der Waals surface area contributed by atoms with E-state index in [2.05, 4.69) is 27.7 Å². The zero-order valence-corrected chi connectivity index (χ0v) is 9.31. The average Bonchev–Trinajstić information content (AvgIpc) is 1.92. The molecule has 1 aliphatic carbocycles. The lowest BCUT2D eigenvalue weighted by molar-refractivity contribution is 0.104. The van der Waals surface area contributed by atoms with Gasteiger partial charge in [-0.05, 0) is 19.3 Å². The van der Waals surface area contributed by atoms with Gasteiger partial charge in [0.15, 0.2) is 0 Å². The van der Waals surface area contributed by atoms with Crippen molar-refractivity contribution in [2.75, 3.05) is 0 Å². The third-order valence-corrected chi connectivity index (χ3v) is 2.61. The number of aliphatic hydroxyl groups is 1. The van der Waals surface area contributed by atoms with Crippen molar-refractivity contribution in [3.05, 3.63) is 23.3 Å². The van der Waals surface area contributed by atoms with E-state index in [9.17, 15) is 5.11 Å². The predicted molar refractivity (Wildman–Crippen MR) is 56.5 cm³/mol. The summed E-state index contributed by atoms with van der Waals surface area (Å²) < 4.78 is 0. The van der Waals surface area contributed by atoms with Gasteiger partial charge < -0.3 is 5.11 Å². The molecule has 1 unspecified atom stereocenters. The first-order chi connectivity index (χ1) is 5.72. The third kappa shape index (κ3) is 2.44. The lowest BCUT2D eigenvalue weighted by Crippen LogP contribution is -2.28. The second-order valence-electron chi connectivity index (χ2n) is 5.28. The molecule has 0 aliphatic heterocycles. The molecule has 0 radical (unpaired) electrons. The van der Waals surface area contributed by atoms with Crippen molar-refractivity contribution in [2.24, 2.45) is 5.41 Å². The van der Waals surface area contributed by atoms with Crippen LogP contribution in [-0.2, 0) is 0 Å². The van der Waals surface area contributed by atoms with Gasteiger partial charge in [-0.25, -0.2) is 0 Å². The van der Waals surface area contributed by atoms with E-state index in [1.807, 2.05) is 19.1 Å². The van der Waals surface area contributed by atoms with Crippen LogP contribution < -0.4 is 0 Å². The van der Waals surface area contributed by atoms with E-state index >= 15 is 0 Å². The van der Waals surface area contributed by atoms with Gasteiger partial charge in [0.05, 0.1) is 5.60 Å². The molecule has 0 bridgehead atoms. The molecule has 13 heavy (non-hydrogen) atoms. The quantitative estimate of drug-likeness (QED) is 0.607. The molecule has 0 saturated carbocycles. The molecule has 1 nitrogen and oxygen atoms in total. The topological polar surface area (TPSA) is 20.2 Å². The zero-order chi connectivity index (χ0) is 10.3. The summed E-state index contributed by atoms with van der Waals surface area (Å²) in [6.45, 7) is 10.6. The minimum Gasteiger partial charge on any atom is -0.386 e. The highest BCUT2D eigenvalue weighted by molar-refractivity contribution is 5.35. The number of hydrogen-bond donors (Lipinski definition) is 1. The minimum atomic E-state index is -0.651. The highest BCUT2D eigenvalue weighted by Gasteiger charge is 2.29. The molecule has 1 heteroatoms. The van der Waals surface area contributed by atoms with Gasteiger partial charge in [0, 0.05) is 6.42 Å². The normalized spacial score (nSPS) is 29.7. The first-order valence-electron chi connectivity index (χ1n) is 4.84. The van der Waals surface area contributed by atoms with Crippen LogP contribution in [0.15, 0.2) is 23.3 Å². The molecule has 1 N–H and O–H groups in total. The summed E-state index contributed by atoms with van der Waals surface area (Å²) in [6, 6.07) is 0. The van der Waals surface area contributed by atoms with E-state index < -0.39 is 5.60 Å². The molecular weight excluding hydrogens is 160 g/mol. The van der Waals surface area contributed by atoms with Crippen molar-refractivity contribution in [3.8, 4) is 0 Å². The van der Waals surface area contributed by atoms with Gasteiger partial charge in [0.2, 0.25) is 0 Å². The van der Waals surface area contributed by atoms with Crippen LogP contribution in [0.3, 0.4) is 0 Å². The highest BCUT2D eigenvalue weighted by Crippen LogP contribution is 2.37. The van der Waals surface area contributed by atoms with Gasteiger partial charge in [-0.3, -0.25) is 0 Å². The largest absolute Gasteiger partial charge is 0.386 e. The van der Waals surface area contributed by atoms with Crippen molar-refractivity contribution in [1.29, 1.82) is 0 Å². The van der Waals surface area contributed by atoms with E-state index in [4.69, 9.17) is 0 Å². The van der Waals surface area contributed by atoms with Crippen molar-refractivity contribution >= 4 is 0 Å². The fraction of sp³-hybridized carbons (Fsp3) is 0.667. The second kappa shape index (κ2) is 2.98. The molecule has 1 atom stereocenters. The monoisotopic (exact) mass is 180 g/mol. The summed E-state index contributed by atoms with van der Waals surface area (Å²) >= 11 is 0. The van der Waals surface area contributed by atoms with Crippen LogP contribution in [0.4, 0.5) is 0 Å². The third-order valence-electron chi connectivity index (χ3n) is 2.61. The Labute approximate surface area is 81.2 Å². The van der Waals surface area contributed by atoms with Crippen LogP contribution in [0.25, 0.3) is 0 Å². The molecular formula is C12H20O. The highest BCUT2D eigenvalue weighted by atomic mass is 16.3. The molecule has 0 spiro atoms. The fourth-order valence-electron chi connectivity index (χ4n) is 1.82. The Kier molecular flexibility index (Phi) is 2.42. The lowest BCUT2D eigenvalue weighted by atomic mass is 9.75. The number of allylic oxidation sites excluding steroid dienone is 2. The van der Waals surface area contributed by atoms with E-state index in [-0.39, 0.29) is 5.41 Å². The molecule has 0 aromatic heterocycles. The lowest BCUT2D eigenvalue weighted by Gasteiger charge is -2.33. The molecule has 0 saturated heterocycles. The van der Waals surface area contributed by atoms with Gasteiger partial charge in [0.1, 0.15) is 0 Å². The van der Waals surface area contributed by atoms with Gasteiger partial charge >= 0.3 is 0 Å². The van der Waals surface area contributed by atoms with Crippen LogP contribution >= 0.6 is 0 Å². The first kappa shape index (κ1) is 10.5. The van der Waals surface area contributed by atoms with Crippen LogP contribution in [-0.4, -0.2) is 10.7 Å². The van der Waals surface area contributed by atoms with Crippen LogP contribution in [0.5, 0.6) is 0 Å². The Morgan fingerprint density at radius 2 is 1.92 bits per heavy atom. The summed E-state index contributed by atoms with van der Waals surface area (Å²) in [7, 11) is 0. The van der Waals surface area contributed by atoms with E-state index in [1.54, 1.807) is 0 Å². The Morgan fingerprint density at radius 3 is 2.31 bits per heavy atom. The average molecular weight is 180 g/mol. The fourth-order valence-corrected chi connectivity index (χ4v) is 1.82. The van der Waals surface area contributed by atoms with Crippen molar-refractivity contribution in [2.45, 2.75) is 46.6 Å². The van der Waals surface area contributed by atoms with Gasteiger partial charge in [0.25, 0.3) is 0 Å². The Bertz CT molecular complexity index is 261. The Morgan fingerprint density at radius 1 is 1.38 bits per heavy atom. The molecule has 0 amide bonds. The standard InChI is InChI=1S/C12H20O/c1-9-6-7-12(5,13)8-10(9)11(2,3)4/h6-7,13H,8H2,1-5H3. The first-order valence-corrected chi connectivity index (χ1v) is 4.84. The maximum absolute atomic E-state index is 9.91. The van der Waals surface area contributed by atoms with Crippen LogP contribution in [0, 0.1) is 5.41 Å². The number of rotatable bonds is 0. The van der Waals surface area contributed by atoms with Crippen LogP contribution in [0.2, 0.25) is 0 Å². The molecule has 74 valence electrons. The summed E-state index contributed by atoms with van der Waals surface area (Å²) in [4.78, 5) is 0. The van der Waals surface area contributed by atoms with E-state index in [0.717, 1.165) is 6.42 Å². The van der Waals surface area contributed by atoms with Crippen molar-refractivity contribution in [1.82, 2.24) is 0 Å². The summed E-state index contributed by atoms with van der Waals surface area (Å²) in [5.41, 5.74) is 2.18. The summed E-state index contributed by atoms with van der Waals surface area (Å²) in [5.74, 6) is 0. The molecule has 1 aliphatic rings. The molecule has 1 rings (SSSR count). The minimum absolute atomic E-state index is 0.166. The van der Waals surface area contributed by atoms with Gasteiger partial charge in [-0.15, -0.1) is 0 Å². The van der Waals surface area contributed by atoms with Crippen LogP contribution in [0.1, 0.15) is 41.0 Å². The smallest absolute Gasteiger partial charge is 0.0840 e. The number of hydrogen-bond acceptors (Lipinski definition) is 1. The van der Waals surface area contributed by atoms with Crippen molar-refractivity contribution < 1.29 is 5.11 Å². The molecule has 0 aromatic rings. The van der Waals surface area contributed by atoms with Gasteiger partial charge in [-0.1, -0.05) is 44.1 Å². The Balaban J connectivity index is 3.03. The summed E-state index contributed by atoms with van der Waals surface area (Å²) in [6.07, 6.45) is 4.68. The molecule has 0 fully saturated rings. The van der Waals surface area contributed by atoms with E-state index in [1.165, 1.54) is 11.1 Å². The van der Waals surface area contributed by atoms with Gasteiger partial charge in [-0.2, -0.15) is 0 Å². The SMILES string of the molecule is CC1=C(C(C)(C)C)CC(C)(O)C=C1. The summed E-state index contributed by atoms with van der Waals surface area (Å²) in [5, 5.41) is 9.91. The maximum atomic E-state index is 9.91. The zero-order valence-electron chi connectivity index (χ0n) is 9.31. The van der Waals surface area contributed by atoms with Crippen molar-refractivity contribution in [3.63, 3.8) is 0 Å². The molecule has 0 heterocycles. The second-order valence-corrected chi connectivity index (χ2v) is 5.28. The molecule has 0 aromatic carbocycles.